The van der Waals surface area contributed by atoms with Crippen LogP contribution >= 0.6 is 0 Å². The van der Waals surface area contributed by atoms with Gasteiger partial charge in [-0.25, -0.2) is 4.98 Å². The quantitative estimate of drug-likeness (QED) is 0.559. The number of nitrogens with one attached hydrogen (secondary N) is 1. The first-order valence-electron chi connectivity index (χ1n) is 6.83. The Hall–Kier alpha value is -2.92. The summed E-state index contributed by atoms with van der Waals surface area (Å²) in [4.78, 5) is 3.89. The highest BCUT2D eigenvalue weighted by molar-refractivity contribution is 5.80. The minimum atomic E-state index is 0.0488. The van der Waals surface area contributed by atoms with E-state index in [4.69, 9.17) is 9.52 Å². The Balaban J connectivity index is 1.62. The standard InChI is InChI=1S/C17H15N3O2/c21-11-14-3-1-13(2-4-14)9-19-20-16-7-5-15(6-8-16)17-10-18-12-22-17/h1-10,12,20-21H,11H2. The molecule has 1 aromatic heterocycles. The van der Waals surface area contributed by atoms with Crippen molar-refractivity contribution in [1.82, 2.24) is 4.98 Å². The molecule has 0 saturated heterocycles. The third-order valence-electron chi connectivity index (χ3n) is 3.17. The molecule has 0 radical (unpaired) electrons. The van der Waals surface area contributed by atoms with Gasteiger partial charge in [-0.05, 0) is 35.4 Å². The number of aromatic nitrogens is 1. The van der Waals surface area contributed by atoms with Crippen LogP contribution in [0.1, 0.15) is 11.1 Å². The summed E-state index contributed by atoms with van der Waals surface area (Å²) in [6.45, 7) is 0.0488. The van der Waals surface area contributed by atoms with Crippen LogP contribution in [0.5, 0.6) is 0 Å². The molecule has 3 aromatic rings. The Morgan fingerprint density at radius 2 is 1.86 bits per heavy atom. The molecule has 0 aliphatic carbocycles. The number of benzene rings is 2. The van der Waals surface area contributed by atoms with Crippen LogP contribution in [0.25, 0.3) is 11.3 Å². The molecule has 0 fully saturated rings. The van der Waals surface area contributed by atoms with Crippen LogP contribution in [0.2, 0.25) is 0 Å². The Morgan fingerprint density at radius 1 is 1.09 bits per heavy atom. The number of anilines is 1. The van der Waals surface area contributed by atoms with E-state index in [0.29, 0.717) is 0 Å². The van der Waals surface area contributed by atoms with E-state index in [1.807, 2.05) is 48.5 Å². The molecule has 2 N–H and O–H groups in total. The van der Waals surface area contributed by atoms with Crippen molar-refractivity contribution in [3.05, 3.63) is 72.2 Å². The van der Waals surface area contributed by atoms with E-state index in [2.05, 4.69) is 15.5 Å². The van der Waals surface area contributed by atoms with Gasteiger partial charge in [0.2, 0.25) is 0 Å². The van der Waals surface area contributed by atoms with Gasteiger partial charge in [0.05, 0.1) is 24.7 Å². The maximum Gasteiger partial charge on any atom is 0.181 e. The van der Waals surface area contributed by atoms with E-state index in [1.54, 1.807) is 12.4 Å². The van der Waals surface area contributed by atoms with Gasteiger partial charge in [-0.15, -0.1) is 0 Å². The zero-order chi connectivity index (χ0) is 15.2. The minimum Gasteiger partial charge on any atom is -0.444 e. The Kier molecular flexibility index (Phi) is 4.27. The van der Waals surface area contributed by atoms with Crippen LogP contribution in [0.15, 0.2) is 70.6 Å². The number of aliphatic hydroxyl groups is 1. The number of oxazole rings is 1. The summed E-state index contributed by atoms with van der Waals surface area (Å²) in [5, 5.41) is 13.2. The number of hydrazone groups is 1. The maximum absolute atomic E-state index is 8.99. The molecule has 5 nitrogen and oxygen atoms in total. The molecule has 0 spiro atoms. The molecular formula is C17H15N3O2. The fourth-order valence-corrected chi connectivity index (χ4v) is 1.96. The van der Waals surface area contributed by atoms with Crippen molar-refractivity contribution >= 4 is 11.9 Å². The molecule has 22 heavy (non-hydrogen) atoms. The van der Waals surface area contributed by atoms with Crippen LogP contribution in [-0.4, -0.2) is 16.3 Å². The third kappa shape index (κ3) is 3.39. The van der Waals surface area contributed by atoms with E-state index in [9.17, 15) is 0 Å². The van der Waals surface area contributed by atoms with Crippen LogP contribution in [-0.2, 0) is 6.61 Å². The van der Waals surface area contributed by atoms with Crippen molar-refractivity contribution in [2.45, 2.75) is 6.61 Å². The van der Waals surface area contributed by atoms with E-state index >= 15 is 0 Å². The fourth-order valence-electron chi connectivity index (χ4n) is 1.96. The summed E-state index contributed by atoms with van der Waals surface area (Å²) < 4.78 is 5.24. The fraction of sp³-hybridized carbons (Fsp3) is 0.0588. The number of aliphatic hydroxyl groups excluding tert-OH is 1. The molecule has 1 heterocycles. The maximum atomic E-state index is 8.99. The van der Waals surface area contributed by atoms with Crippen molar-refractivity contribution in [2.75, 3.05) is 5.43 Å². The number of nitrogens with zero attached hydrogens (tertiary/aromatic N) is 2. The average Bonchev–Trinajstić information content (AvgIpc) is 3.11. The minimum absolute atomic E-state index is 0.0488. The molecule has 0 aliphatic heterocycles. The van der Waals surface area contributed by atoms with Gasteiger partial charge >= 0.3 is 0 Å². The van der Waals surface area contributed by atoms with Crippen molar-refractivity contribution in [3.63, 3.8) is 0 Å². The first kappa shape index (κ1) is 14.0. The highest BCUT2D eigenvalue weighted by atomic mass is 16.3. The monoisotopic (exact) mass is 293 g/mol. The van der Waals surface area contributed by atoms with Gasteiger partial charge in [0, 0.05) is 5.56 Å². The molecule has 0 aliphatic rings. The number of hydrogen-bond donors (Lipinski definition) is 2. The highest BCUT2D eigenvalue weighted by Crippen LogP contribution is 2.20. The van der Waals surface area contributed by atoms with Crippen LogP contribution in [0, 0.1) is 0 Å². The van der Waals surface area contributed by atoms with Gasteiger partial charge in [-0.2, -0.15) is 5.10 Å². The predicted molar refractivity (Wildman–Crippen MR) is 85.5 cm³/mol. The van der Waals surface area contributed by atoms with E-state index in [0.717, 1.165) is 28.1 Å². The van der Waals surface area contributed by atoms with Gasteiger partial charge in [-0.1, -0.05) is 24.3 Å². The van der Waals surface area contributed by atoms with Gasteiger partial charge in [0.25, 0.3) is 0 Å². The van der Waals surface area contributed by atoms with Crippen molar-refractivity contribution in [1.29, 1.82) is 0 Å². The lowest BCUT2D eigenvalue weighted by molar-refractivity contribution is 0.282. The first-order chi connectivity index (χ1) is 10.8. The molecular weight excluding hydrogens is 278 g/mol. The second-order valence-electron chi connectivity index (χ2n) is 4.71. The van der Waals surface area contributed by atoms with E-state index < -0.39 is 0 Å². The molecule has 5 heteroatoms. The topological polar surface area (TPSA) is 70.7 Å². The van der Waals surface area contributed by atoms with Gasteiger partial charge in [0.1, 0.15) is 0 Å². The Morgan fingerprint density at radius 3 is 2.50 bits per heavy atom. The lowest BCUT2D eigenvalue weighted by Gasteiger charge is -2.01. The predicted octanol–water partition coefficient (Wildman–Crippen LogP) is 3.28. The second-order valence-corrected chi connectivity index (χ2v) is 4.71. The molecule has 0 unspecified atom stereocenters. The zero-order valence-corrected chi connectivity index (χ0v) is 11.8. The van der Waals surface area contributed by atoms with Crippen LogP contribution < -0.4 is 5.43 Å². The molecule has 0 amide bonds. The van der Waals surface area contributed by atoms with Crippen molar-refractivity contribution in [3.8, 4) is 11.3 Å². The van der Waals surface area contributed by atoms with Crippen molar-refractivity contribution in [2.24, 2.45) is 5.10 Å². The van der Waals surface area contributed by atoms with Gasteiger partial charge in [0.15, 0.2) is 12.2 Å². The smallest absolute Gasteiger partial charge is 0.181 e. The van der Waals surface area contributed by atoms with Crippen LogP contribution in [0.4, 0.5) is 5.69 Å². The largest absolute Gasteiger partial charge is 0.444 e. The number of hydrogen-bond acceptors (Lipinski definition) is 5. The summed E-state index contributed by atoms with van der Waals surface area (Å²) >= 11 is 0. The molecule has 0 bridgehead atoms. The lowest BCUT2D eigenvalue weighted by atomic mass is 10.1. The molecule has 0 atom stereocenters. The Bertz CT molecular complexity index is 733. The summed E-state index contributed by atoms with van der Waals surface area (Å²) in [7, 11) is 0. The highest BCUT2D eigenvalue weighted by Gasteiger charge is 2.00. The second kappa shape index (κ2) is 6.69. The van der Waals surface area contributed by atoms with E-state index in [-0.39, 0.29) is 6.61 Å². The Labute approximate surface area is 127 Å². The number of rotatable bonds is 5. The molecule has 3 rings (SSSR count). The summed E-state index contributed by atoms with van der Waals surface area (Å²) in [6.07, 6.45) is 4.82. The third-order valence-corrected chi connectivity index (χ3v) is 3.17. The lowest BCUT2D eigenvalue weighted by Crippen LogP contribution is -1.91. The molecule has 110 valence electrons. The average molecular weight is 293 g/mol. The van der Waals surface area contributed by atoms with Crippen LogP contribution in [0.3, 0.4) is 0 Å². The zero-order valence-electron chi connectivity index (χ0n) is 11.8. The van der Waals surface area contributed by atoms with Gasteiger partial charge in [-0.3, -0.25) is 5.43 Å². The first-order valence-corrected chi connectivity index (χ1v) is 6.83. The van der Waals surface area contributed by atoms with E-state index in [1.165, 1.54) is 6.39 Å². The van der Waals surface area contributed by atoms with Gasteiger partial charge < -0.3 is 9.52 Å². The summed E-state index contributed by atoms with van der Waals surface area (Å²) in [5.41, 5.74) is 6.66. The molecule has 2 aromatic carbocycles. The normalized spacial score (nSPS) is 11.0. The van der Waals surface area contributed by atoms with Crippen molar-refractivity contribution < 1.29 is 9.52 Å². The summed E-state index contributed by atoms with van der Waals surface area (Å²) in [6, 6.07) is 15.3. The summed E-state index contributed by atoms with van der Waals surface area (Å²) in [5.74, 6) is 0.735. The SMILES string of the molecule is OCc1ccc(C=NNc2ccc(-c3cnco3)cc2)cc1. The molecule has 0 saturated carbocycles.